The average molecular weight is 313 g/mol. The summed E-state index contributed by atoms with van der Waals surface area (Å²) < 4.78 is 27.0. The molecule has 2 nitrogen and oxygen atoms in total. The highest BCUT2D eigenvalue weighted by molar-refractivity contribution is 9.10. The molecule has 94 valence electrons. The molecule has 0 heterocycles. The Hall–Kier alpha value is -1.30. The zero-order chi connectivity index (χ0) is 13.1. The Morgan fingerprint density at radius 2 is 1.56 bits per heavy atom. The van der Waals surface area contributed by atoms with Crippen molar-refractivity contribution in [1.29, 1.82) is 0 Å². The molecule has 0 saturated heterocycles. The van der Waals surface area contributed by atoms with Gasteiger partial charge in [0.15, 0.2) is 11.6 Å². The summed E-state index contributed by atoms with van der Waals surface area (Å²) in [5, 5.41) is 0. The Bertz CT molecular complexity index is 543. The summed E-state index contributed by atoms with van der Waals surface area (Å²) in [6.45, 7) is 0. The predicted octanol–water partition coefficient (Wildman–Crippen LogP) is 3.28. The highest BCUT2D eigenvalue weighted by atomic mass is 79.9. The number of hydrogen-bond acceptors (Lipinski definition) is 2. The minimum atomic E-state index is -0.884. The van der Waals surface area contributed by atoms with Gasteiger partial charge >= 0.3 is 0 Å². The maximum atomic E-state index is 13.2. The summed E-state index contributed by atoms with van der Waals surface area (Å²) in [6.07, 6.45) is 0. The molecule has 5 heteroatoms. The summed E-state index contributed by atoms with van der Waals surface area (Å²) >= 11 is 3.33. The molecule has 0 fully saturated rings. The minimum absolute atomic E-state index is 0.381. The molecule has 0 amide bonds. The summed E-state index contributed by atoms with van der Waals surface area (Å²) in [5.41, 5.74) is 4.03. The molecule has 2 aromatic carbocycles. The maximum absolute atomic E-state index is 13.2. The molecule has 0 aliphatic rings. The second kappa shape index (κ2) is 5.56. The Kier molecular flexibility index (Phi) is 4.06. The molecule has 0 bridgehead atoms. The van der Waals surface area contributed by atoms with Crippen LogP contribution < -0.4 is 11.3 Å². The van der Waals surface area contributed by atoms with Crippen molar-refractivity contribution in [2.24, 2.45) is 5.84 Å². The number of nitrogens with two attached hydrogens (primary N) is 1. The van der Waals surface area contributed by atoms with Gasteiger partial charge in [-0.2, -0.15) is 0 Å². The molecule has 3 N–H and O–H groups in total. The zero-order valence-corrected chi connectivity index (χ0v) is 10.9. The third kappa shape index (κ3) is 2.75. The van der Waals surface area contributed by atoms with Gasteiger partial charge in [-0.25, -0.2) is 14.2 Å². The molecule has 1 atom stereocenters. The highest BCUT2D eigenvalue weighted by Crippen LogP contribution is 2.24. The van der Waals surface area contributed by atoms with Gasteiger partial charge in [-0.3, -0.25) is 5.84 Å². The summed E-state index contributed by atoms with van der Waals surface area (Å²) in [4.78, 5) is 0. The van der Waals surface area contributed by atoms with E-state index in [-0.39, 0.29) is 6.04 Å². The quantitative estimate of drug-likeness (QED) is 0.674. The van der Waals surface area contributed by atoms with Gasteiger partial charge in [-0.15, -0.1) is 0 Å². The first-order valence-electron chi connectivity index (χ1n) is 5.28. The van der Waals surface area contributed by atoms with Crippen LogP contribution in [0.4, 0.5) is 8.78 Å². The first-order chi connectivity index (χ1) is 8.61. The van der Waals surface area contributed by atoms with E-state index in [9.17, 15) is 8.78 Å². The van der Waals surface area contributed by atoms with Crippen molar-refractivity contribution in [2.75, 3.05) is 0 Å². The van der Waals surface area contributed by atoms with E-state index in [0.29, 0.717) is 5.56 Å². The lowest BCUT2D eigenvalue weighted by Crippen LogP contribution is -2.28. The van der Waals surface area contributed by atoms with Crippen molar-refractivity contribution < 1.29 is 8.78 Å². The molecule has 0 aromatic heterocycles. The number of nitrogens with one attached hydrogen (secondary N) is 1. The predicted molar refractivity (Wildman–Crippen MR) is 69.7 cm³/mol. The van der Waals surface area contributed by atoms with Crippen LogP contribution in [0.2, 0.25) is 0 Å². The van der Waals surface area contributed by atoms with Gasteiger partial charge in [0.05, 0.1) is 6.04 Å². The first kappa shape index (κ1) is 13.1. The van der Waals surface area contributed by atoms with Crippen LogP contribution in [-0.2, 0) is 0 Å². The molecule has 18 heavy (non-hydrogen) atoms. The second-order valence-electron chi connectivity index (χ2n) is 3.82. The maximum Gasteiger partial charge on any atom is 0.159 e. The van der Waals surface area contributed by atoms with Crippen molar-refractivity contribution >= 4 is 15.9 Å². The van der Waals surface area contributed by atoms with Gasteiger partial charge in [0.2, 0.25) is 0 Å². The lowest BCUT2D eigenvalue weighted by molar-refractivity contribution is 0.504. The zero-order valence-electron chi connectivity index (χ0n) is 9.33. The molecule has 2 aromatic rings. The Balaban J connectivity index is 2.38. The normalized spacial score (nSPS) is 12.4. The van der Waals surface area contributed by atoms with Crippen molar-refractivity contribution in [3.05, 3.63) is 69.7 Å². The molecular formula is C13H11BrF2N2. The summed E-state index contributed by atoms with van der Waals surface area (Å²) in [5.74, 6) is 3.73. The van der Waals surface area contributed by atoms with E-state index in [0.717, 1.165) is 22.2 Å². The van der Waals surface area contributed by atoms with Crippen LogP contribution in [0, 0.1) is 11.6 Å². The van der Waals surface area contributed by atoms with Gasteiger partial charge in [-0.1, -0.05) is 34.1 Å². The summed E-state index contributed by atoms with van der Waals surface area (Å²) in [7, 11) is 0. The van der Waals surface area contributed by atoms with Crippen LogP contribution in [0.5, 0.6) is 0 Å². The van der Waals surface area contributed by atoms with E-state index >= 15 is 0 Å². The van der Waals surface area contributed by atoms with Gasteiger partial charge in [0.1, 0.15) is 0 Å². The largest absolute Gasteiger partial charge is 0.271 e. The molecule has 0 aliphatic carbocycles. The second-order valence-corrected chi connectivity index (χ2v) is 4.74. The van der Waals surface area contributed by atoms with Crippen LogP contribution in [0.3, 0.4) is 0 Å². The third-order valence-corrected chi connectivity index (χ3v) is 3.18. The Morgan fingerprint density at radius 3 is 2.11 bits per heavy atom. The smallest absolute Gasteiger partial charge is 0.159 e. The average Bonchev–Trinajstić information content (AvgIpc) is 2.37. The highest BCUT2D eigenvalue weighted by Gasteiger charge is 2.14. The van der Waals surface area contributed by atoms with E-state index in [2.05, 4.69) is 21.4 Å². The molecule has 1 unspecified atom stereocenters. The van der Waals surface area contributed by atoms with Crippen molar-refractivity contribution in [3.63, 3.8) is 0 Å². The fraction of sp³-hybridized carbons (Fsp3) is 0.0769. The van der Waals surface area contributed by atoms with E-state index in [1.54, 1.807) is 0 Å². The van der Waals surface area contributed by atoms with Crippen molar-refractivity contribution in [1.82, 2.24) is 5.43 Å². The summed E-state index contributed by atoms with van der Waals surface area (Å²) in [6, 6.07) is 10.8. The van der Waals surface area contributed by atoms with E-state index in [1.165, 1.54) is 6.07 Å². The molecule has 0 spiro atoms. The molecule has 0 aliphatic heterocycles. The molecular weight excluding hydrogens is 302 g/mol. The number of hydrazine groups is 1. The van der Waals surface area contributed by atoms with Crippen LogP contribution in [0.25, 0.3) is 0 Å². The van der Waals surface area contributed by atoms with Gasteiger partial charge in [0.25, 0.3) is 0 Å². The van der Waals surface area contributed by atoms with Crippen LogP contribution in [-0.4, -0.2) is 0 Å². The Labute approximate surface area is 112 Å². The minimum Gasteiger partial charge on any atom is -0.271 e. The van der Waals surface area contributed by atoms with Crippen LogP contribution in [0.15, 0.2) is 46.9 Å². The molecule has 0 radical (unpaired) electrons. The monoisotopic (exact) mass is 312 g/mol. The number of hydrogen-bond donors (Lipinski definition) is 2. The number of halogens is 3. The lowest BCUT2D eigenvalue weighted by Gasteiger charge is -2.17. The van der Waals surface area contributed by atoms with Crippen molar-refractivity contribution in [3.8, 4) is 0 Å². The molecule has 2 rings (SSSR count). The van der Waals surface area contributed by atoms with E-state index in [1.807, 2.05) is 24.3 Å². The SMILES string of the molecule is NNC(c1ccc(Br)cc1)c1ccc(F)c(F)c1. The van der Waals surface area contributed by atoms with Gasteiger partial charge < -0.3 is 0 Å². The van der Waals surface area contributed by atoms with Crippen LogP contribution in [0.1, 0.15) is 17.2 Å². The van der Waals surface area contributed by atoms with E-state index in [4.69, 9.17) is 5.84 Å². The van der Waals surface area contributed by atoms with Gasteiger partial charge in [0, 0.05) is 4.47 Å². The van der Waals surface area contributed by atoms with E-state index < -0.39 is 11.6 Å². The topological polar surface area (TPSA) is 38.0 Å². The van der Waals surface area contributed by atoms with Crippen LogP contribution >= 0.6 is 15.9 Å². The number of benzene rings is 2. The molecule has 0 saturated carbocycles. The van der Waals surface area contributed by atoms with Crippen molar-refractivity contribution in [2.45, 2.75) is 6.04 Å². The third-order valence-electron chi connectivity index (χ3n) is 2.65. The first-order valence-corrected chi connectivity index (χ1v) is 6.07. The lowest BCUT2D eigenvalue weighted by atomic mass is 9.99. The Morgan fingerprint density at radius 1 is 0.944 bits per heavy atom. The standard InChI is InChI=1S/C13H11BrF2N2/c14-10-4-1-8(2-5-10)13(18-17)9-3-6-11(15)12(16)7-9/h1-7,13,18H,17H2. The fourth-order valence-electron chi connectivity index (χ4n) is 1.73. The fourth-order valence-corrected chi connectivity index (χ4v) is 2.00. The number of rotatable bonds is 3. The van der Waals surface area contributed by atoms with Gasteiger partial charge in [-0.05, 0) is 35.4 Å².